The Morgan fingerprint density at radius 2 is 2.06 bits per heavy atom. The van der Waals surface area contributed by atoms with Gasteiger partial charge < -0.3 is 10.3 Å². The topological polar surface area (TPSA) is 43.8 Å². The van der Waals surface area contributed by atoms with E-state index in [1.807, 2.05) is 6.07 Å². The average molecular weight is 243 g/mol. The van der Waals surface area contributed by atoms with Gasteiger partial charge in [-0.15, -0.1) is 0 Å². The van der Waals surface area contributed by atoms with Crippen LogP contribution in [0.4, 0.5) is 0 Å². The largest absolute Gasteiger partial charge is 0.324 e. The first kappa shape index (κ1) is 11.7. The predicted molar refractivity (Wildman–Crippen MR) is 74.4 cm³/mol. The van der Waals surface area contributed by atoms with Crippen LogP contribution in [0.25, 0.3) is 11.0 Å². The second-order valence-electron chi connectivity index (χ2n) is 5.80. The van der Waals surface area contributed by atoms with E-state index in [0.717, 1.165) is 17.8 Å². The lowest BCUT2D eigenvalue weighted by molar-refractivity contribution is 0.477. The van der Waals surface area contributed by atoms with Gasteiger partial charge in [-0.2, -0.15) is 0 Å². The van der Waals surface area contributed by atoms with Crippen molar-refractivity contribution >= 4 is 11.0 Å². The van der Waals surface area contributed by atoms with E-state index in [1.165, 1.54) is 18.4 Å². The maximum absolute atomic E-state index is 6.34. The number of imidazole rings is 1. The van der Waals surface area contributed by atoms with E-state index in [1.54, 1.807) is 0 Å². The quantitative estimate of drug-likeness (QED) is 0.894. The number of rotatable bonds is 4. The molecule has 0 spiro atoms. The van der Waals surface area contributed by atoms with Crippen molar-refractivity contribution in [2.75, 3.05) is 0 Å². The molecule has 1 atom stereocenters. The van der Waals surface area contributed by atoms with Gasteiger partial charge in [0.15, 0.2) is 0 Å². The van der Waals surface area contributed by atoms with Crippen molar-refractivity contribution in [3.8, 4) is 0 Å². The van der Waals surface area contributed by atoms with Crippen LogP contribution in [0.1, 0.15) is 51.0 Å². The molecule has 0 amide bonds. The van der Waals surface area contributed by atoms with Crippen LogP contribution in [0.15, 0.2) is 24.3 Å². The van der Waals surface area contributed by atoms with Gasteiger partial charge in [0.25, 0.3) is 0 Å². The third-order valence-electron chi connectivity index (χ3n) is 3.59. The highest BCUT2D eigenvalue weighted by Gasteiger charge is 2.29. The van der Waals surface area contributed by atoms with E-state index in [4.69, 9.17) is 10.7 Å². The van der Waals surface area contributed by atoms with Gasteiger partial charge in [-0.3, -0.25) is 0 Å². The van der Waals surface area contributed by atoms with Gasteiger partial charge >= 0.3 is 0 Å². The molecule has 96 valence electrons. The summed E-state index contributed by atoms with van der Waals surface area (Å²) in [4.78, 5) is 4.76. The first-order chi connectivity index (χ1) is 8.66. The van der Waals surface area contributed by atoms with Gasteiger partial charge in [0.1, 0.15) is 5.82 Å². The Bertz CT molecular complexity index is 552. The minimum Gasteiger partial charge on any atom is -0.324 e. The lowest BCUT2D eigenvalue weighted by atomic mass is 10.0. The maximum atomic E-state index is 6.34. The van der Waals surface area contributed by atoms with Crippen molar-refractivity contribution in [2.45, 2.75) is 45.2 Å². The van der Waals surface area contributed by atoms with Gasteiger partial charge in [-0.25, -0.2) is 4.98 Å². The molecule has 2 N–H and O–H groups in total. The highest BCUT2D eigenvalue weighted by atomic mass is 15.1. The zero-order chi connectivity index (χ0) is 12.7. The third-order valence-corrected chi connectivity index (χ3v) is 3.59. The molecule has 18 heavy (non-hydrogen) atoms. The molecular formula is C15H21N3. The number of aromatic nitrogens is 2. The molecule has 0 bridgehead atoms. The smallest absolute Gasteiger partial charge is 0.127 e. The summed E-state index contributed by atoms with van der Waals surface area (Å²) in [5.74, 6) is 1.68. The zero-order valence-corrected chi connectivity index (χ0v) is 11.1. The van der Waals surface area contributed by atoms with E-state index in [2.05, 4.69) is 36.6 Å². The number of hydrogen-bond acceptors (Lipinski definition) is 2. The summed E-state index contributed by atoms with van der Waals surface area (Å²) in [7, 11) is 0. The SMILES string of the molecule is CC(C)C[C@H](N)c1nc2ccccc2n1C1CC1. The summed E-state index contributed by atoms with van der Waals surface area (Å²) < 4.78 is 2.38. The molecule has 0 radical (unpaired) electrons. The first-order valence-corrected chi connectivity index (χ1v) is 6.89. The number of nitrogens with zero attached hydrogens (tertiary/aromatic N) is 2. The fourth-order valence-electron chi connectivity index (χ4n) is 2.65. The molecule has 1 saturated carbocycles. The van der Waals surface area contributed by atoms with E-state index in [9.17, 15) is 0 Å². The highest BCUT2D eigenvalue weighted by Crippen LogP contribution is 2.40. The molecule has 0 unspecified atom stereocenters. The van der Waals surface area contributed by atoms with E-state index >= 15 is 0 Å². The van der Waals surface area contributed by atoms with Gasteiger partial charge in [0, 0.05) is 6.04 Å². The van der Waals surface area contributed by atoms with Crippen molar-refractivity contribution in [3.05, 3.63) is 30.1 Å². The molecule has 3 heteroatoms. The highest BCUT2D eigenvalue weighted by molar-refractivity contribution is 5.76. The number of para-hydroxylation sites is 2. The standard InChI is InChI=1S/C15H21N3/c1-10(2)9-12(16)15-17-13-5-3-4-6-14(13)18(15)11-7-8-11/h3-6,10-12H,7-9,16H2,1-2H3/t12-/m0/s1. The van der Waals surface area contributed by atoms with E-state index < -0.39 is 0 Å². The van der Waals surface area contributed by atoms with Crippen LogP contribution in [-0.4, -0.2) is 9.55 Å². The normalized spacial score (nSPS) is 17.6. The molecule has 0 saturated heterocycles. The lowest BCUT2D eigenvalue weighted by Crippen LogP contribution is -2.18. The molecule has 2 aromatic rings. The van der Waals surface area contributed by atoms with E-state index in [-0.39, 0.29) is 6.04 Å². The molecule has 1 fully saturated rings. The Balaban J connectivity index is 2.07. The Kier molecular flexibility index (Phi) is 2.86. The molecule has 3 rings (SSSR count). The summed E-state index contributed by atoms with van der Waals surface area (Å²) >= 11 is 0. The van der Waals surface area contributed by atoms with Crippen molar-refractivity contribution in [3.63, 3.8) is 0 Å². The first-order valence-electron chi connectivity index (χ1n) is 6.89. The molecule has 0 aliphatic heterocycles. The third kappa shape index (κ3) is 2.03. The summed E-state index contributed by atoms with van der Waals surface area (Å²) in [5.41, 5.74) is 8.67. The van der Waals surface area contributed by atoms with Crippen LogP contribution in [-0.2, 0) is 0 Å². The monoisotopic (exact) mass is 243 g/mol. The van der Waals surface area contributed by atoms with Crippen LogP contribution in [0, 0.1) is 5.92 Å². The van der Waals surface area contributed by atoms with Crippen molar-refractivity contribution in [1.82, 2.24) is 9.55 Å². The fraction of sp³-hybridized carbons (Fsp3) is 0.533. The number of hydrogen-bond donors (Lipinski definition) is 1. The Hall–Kier alpha value is -1.35. The maximum Gasteiger partial charge on any atom is 0.127 e. The summed E-state index contributed by atoms with van der Waals surface area (Å²) in [6.07, 6.45) is 3.53. The van der Waals surface area contributed by atoms with Crippen molar-refractivity contribution in [2.24, 2.45) is 11.7 Å². The summed E-state index contributed by atoms with van der Waals surface area (Å²) in [5, 5.41) is 0. The molecule has 1 aliphatic rings. The molecular weight excluding hydrogens is 222 g/mol. The fourth-order valence-corrected chi connectivity index (χ4v) is 2.65. The summed E-state index contributed by atoms with van der Waals surface area (Å²) in [6.45, 7) is 4.42. The minimum atomic E-state index is 0.0537. The van der Waals surface area contributed by atoms with Gasteiger partial charge in [-0.05, 0) is 37.3 Å². The lowest BCUT2D eigenvalue weighted by Gasteiger charge is -2.16. The Labute approximate surface area is 108 Å². The van der Waals surface area contributed by atoms with Crippen LogP contribution < -0.4 is 5.73 Å². The van der Waals surface area contributed by atoms with Crippen LogP contribution >= 0.6 is 0 Å². The summed E-state index contributed by atoms with van der Waals surface area (Å²) in [6, 6.07) is 9.06. The van der Waals surface area contributed by atoms with Crippen LogP contribution in [0.3, 0.4) is 0 Å². The molecule has 1 aromatic heterocycles. The van der Waals surface area contributed by atoms with Gasteiger partial charge in [0.05, 0.1) is 17.1 Å². The Morgan fingerprint density at radius 1 is 1.33 bits per heavy atom. The second-order valence-corrected chi connectivity index (χ2v) is 5.80. The Morgan fingerprint density at radius 3 is 2.72 bits per heavy atom. The number of benzene rings is 1. The van der Waals surface area contributed by atoms with E-state index in [0.29, 0.717) is 12.0 Å². The predicted octanol–water partition coefficient (Wildman–Crippen LogP) is 3.42. The average Bonchev–Trinajstić information content (AvgIpc) is 3.08. The number of fused-ring (bicyclic) bond motifs is 1. The van der Waals surface area contributed by atoms with Crippen LogP contribution in [0.2, 0.25) is 0 Å². The molecule has 3 nitrogen and oxygen atoms in total. The van der Waals surface area contributed by atoms with Gasteiger partial charge in [-0.1, -0.05) is 26.0 Å². The number of nitrogens with two attached hydrogens (primary N) is 1. The molecule has 1 aromatic carbocycles. The zero-order valence-electron chi connectivity index (χ0n) is 11.1. The molecule has 1 aliphatic carbocycles. The van der Waals surface area contributed by atoms with Gasteiger partial charge in [0.2, 0.25) is 0 Å². The van der Waals surface area contributed by atoms with Crippen LogP contribution in [0.5, 0.6) is 0 Å². The van der Waals surface area contributed by atoms with Crippen molar-refractivity contribution < 1.29 is 0 Å². The van der Waals surface area contributed by atoms with Crippen molar-refractivity contribution in [1.29, 1.82) is 0 Å². The molecule has 1 heterocycles. The second kappa shape index (κ2) is 4.39. The minimum absolute atomic E-state index is 0.0537.